The third-order valence-corrected chi connectivity index (χ3v) is 5.92. The highest BCUT2D eigenvalue weighted by molar-refractivity contribution is 8.00. The van der Waals surface area contributed by atoms with Gasteiger partial charge in [-0.05, 0) is 37.1 Å². The minimum atomic E-state index is -0.174. The number of Topliss-reactive ketones (excluding diaryl/α,β-unsaturated/α-hetero) is 1. The highest BCUT2D eigenvalue weighted by Crippen LogP contribution is 2.33. The fourth-order valence-electron chi connectivity index (χ4n) is 3.07. The lowest BCUT2D eigenvalue weighted by molar-refractivity contribution is -0.116. The molecule has 1 heterocycles. The molecule has 0 bridgehead atoms. The van der Waals surface area contributed by atoms with Crippen LogP contribution in [0.4, 0.5) is 0 Å². The zero-order valence-electron chi connectivity index (χ0n) is 13.3. The van der Waals surface area contributed by atoms with E-state index in [2.05, 4.69) is 4.98 Å². The number of carbonyl (C=O) groups is 1. The summed E-state index contributed by atoms with van der Waals surface area (Å²) in [7, 11) is 0. The van der Waals surface area contributed by atoms with E-state index >= 15 is 0 Å². The van der Waals surface area contributed by atoms with Crippen LogP contribution < -0.4 is 5.56 Å². The summed E-state index contributed by atoms with van der Waals surface area (Å²) in [4.78, 5) is 29.9. The van der Waals surface area contributed by atoms with Crippen LogP contribution in [0, 0.1) is 0 Å². The Kier molecular flexibility index (Phi) is 4.36. The Hall–Kier alpha value is -2.11. The molecule has 6 heteroatoms. The summed E-state index contributed by atoms with van der Waals surface area (Å²) in [5, 5.41) is 1.37. The molecule has 0 unspecified atom stereocenters. The number of fused-ring (bicyclic) bond motifs is 1. The Morgan fingerprint density at radius 2 is 1.84 bits per heavy atom. The number of para-hydroxylation sites is 2. The first-order valence-electron chi connectivity index (χ1n) is 8.11. The Morgan fingerprint density at radius 3 is 2.60 bits per heavy atom. The number of aromatic nitrogens is 2. The topological polar surface area (TPSA) is 52.0 Å². The molecule has 4 rings (SSSR count). The fourth-order valence-corrected chi connectivity index (χ4v) is 4.52. The lowest BCUT2D eigenvalue weighted by Crippen LogP contribution is -2.23. The molecule has 2 aromatic carbocycles. The predicted octanol–water partition coefficient (Wildman–Crippen LogP) is 4.25. The van der Waals surface area contributed by atoms with Gasteiger partial charge in [-0.25, -0.2) is 4.98 Å². The van der Waals surface area contributed by atoms with Gasteiger partial charge in [0.2, 0.25) is 0 Å². The van der Waals surface area contributed by atoms with E-state index in [1.807, 2.05) is 30.3 Å². The molecular formula is C19H15ClN2O2S. The highest BCUT2D eigenvalue weighted by atomic mass is 35.5. The molecule has 0 aliphatic heterocycles. The maximum Gasteiger partial charge on any atom is 0.266 e. The fraction of sp³-hybridized carbons (Fsp3) is 0.211. The van der Waals surface area contributed by atoms with Gasteiger partial charge in [-0.3, -0.25) is 14.2 Å². The van der Waals surface area contributed by atoms with Crippen molar-refractivity contribution in [3.05, 3.63) is 63.9 Å². The summed E-state index contributed by atoms with van der Waals surface area (Å²) in [6.45, 7) is 0. The van der Waals surface area contributed by atoms with Crippen LogP contribution in [0.3, 0.4) is 0 Å². The molecule has 1 aliphatic carbocycles. The number of ketones is 1. The van der Waals surface area contributed by atoms with Gasteiger partial charge in [0.05, 0.1) is 26.9 Å². The van der Waals surface area contributed by atoms with Gasteiger partial charge in [0, 0.05) is 6.42 Å². The van der Waals surface area contributed by atoms with Crippen LogP contribution >= 0.6 is 23.4 Å². The van der Waals surface area contributed by atoms with Gasteiger partial charge in [-0.2, -0.15) is 0 Å². The summed E-state index contributed by atoms with van der Waals surface area (Å²) in [5.41, 5.74) is 1.04. The number of benzene rings is 2. The maximum absolute atomic E-state index is 13.1. The molecule has 4 nitrogen and oxygen atoms in total. The first kappa shape index (κ1) is 16.4. The highest BCUT2D eigenvalue weighted by Gasteiger charge is 2.28. The van der Waals surface area contributed by atoms with Crippen molar-refractivity contribution in [2.45, 2.75) is 29.7 Å². The first-order chi connectivity index (χ1) is 12.1. The van der Waals surface area contributed by atoms with Crippen molar-refractivity contribution in [1.82, 2.24) is 9.55 Å². The Morgan fingerprint density at radius 1 is 1.08 bits per heavy atom. The lowest BCUT2D eigenvalue weighted by atomic mass is 10.2. The zero-order chi connectivity index (χ0) is 17.4. The van der Waals surface area contributed by atoms with Crippen molar-refractivity contribution in [3.8, 4) is 5.69 Å². The van der Waals surface area contributed by atoms with E-state index in [1.165, 1.54) is 16.3 Å². The first-order valence-corrected chi connectivity index (χ1v) is 9.37. The number of halogens is 1. The van der Waals surface area contributed by atoms with E-state index in [1.54, 1.807) is 18.2 Å². The number of rotatable bonds is 3. The number of nitrogens with zero attached hydrogens (tertiary/aromatic N) is 2. The second kappa shape index (κ2) is 6.65. The quantitative estimate of drug-likeness (QED) is 0.646. The van der Waals surface area contributed by atoms with Gasteiger partial charge in [-0.15, -0.1) is 0 Å². The predicted molar refractivity (Wildman–Crippen MR) is 101 cm³/mol. The van der Waals surface area contributed by atoms with Crippen molar-refractivity contribution in [2.24, 2.45) is 0 Å². The van der Waals surface area contributed by atoms with Gasteiger partial charge in [0.1, 0.15) is 5.78 Å². The summed E-state index contributed by atoms with van der Waals surface area (Å²) >= 11 is 7.70. The largest absolute Gasteiger partial charge is 0.298 e. The maximum atomic E-state index is 13.1. The van der Waals surface area contributed by atoms with Crippen LogP contribution in [0.1, 0.15) is 19.3 Å². The van der Waals surface area contributed by atoms with Crippen LogP contribution in [0.5, 0.6) is 0 Å². The second-order valence-corrected chi connectivity index (χ2v) is 7.55. The van der Waals surface area contributed by atoms with Crippen LogP contribution in [0.25, 0.3) is 16.6 Å². The normalized spacial score (nSPS) is 17.3. The average molecular weight is 371 g/mol. The van der Waals surface area contributed by atoms with E-state index < -0.39 is 0 Å². The smallest absolute Gasteiger partial charge is 0.266 e. The summed E-state index contributed by atoms with van der Waals surface area (Å²) < 4.78 is 1.53. The SMILES string of the molecule is O=C1CCC[C@@H]1Sc1nc2ccccc2c(=O)n1-c1ccccc1Cl. The molecule has 0 N–H and O–H groups in total. The third kappa shape index (κ3) is 2.98. The molecule has 1 fully saturated rings. The number of hydrogen-bond acceptors (Lipinski definition) is 4. The van der Waals surface area contributed by atoms with Crippen LogP contribution in [-0.4, -0.2) is 20.6 Å². The molecule has 0 radical (unpaired) electrons. The van der Waals surface area contributed by atoms with Crippen molar-refractivity contribution < 1.29 is 4.79 Å². The molecular weight excluding hydrogens is 356 g/mol. The summed E-state index contributed by atoms with van der Waals surface area (Å²) in [6, 6.07) is 14.4. The number of hydrogen-bond donors (Lipinski definition) is 0. The van der Waals surface area contributed by atoms with Gasteiger partial charge in [0.25, 0.3) is 5.56 Å². The van der Waals surface area contributed by atoms with Gasteiger partial charge in [-0.1, -0.05) is 47.6 Å². The van der Waals surface area contributed by atoms with Crippen molar-refractivity contribution in [2.75, 3.05) is 0 Å². The van der Waals surface area contributed by atoms with Gasteiger partial charge >= 0.3 is 0 Å². The zero-order valence-corrected chi connectivity index (χ0v) is 14.9. The van der Waals surface area contributed by atoms with Crippen LogP contribution in [-0.2, 0) is 4.79 Å². The molecule has 1 saturated carbocycles. The summed E-state index contributed by atoms with van der Waals surface area (Å²) in [5.74, 6) is 0.220. The van der Waals surface area contributed by atoms with Crippen molar-refractivity contribution in [3.63, 3.8) is 0 Å². The minimum absolute atomic E-state index is 0.151. The molecule has 126 valence electrons. The molecule has 1 aromatic heterocycles. The van der Waals surface area contributed by atoms with Crippen molar-refractivity contribution >= 4 is 40.0 Å². The number of thioether (sulfide) groups is 1. The molecule has 0 saturated heterocycles. The number of carbonyl (C=O) groups excluding carboxylic acids is 1. The van der Waals surface area contributed by atoms with Gasteiger partial charge in [0.15, 0.2) is 5.16 Å². The molecule has 1 atom stereocenters. The Bertz CT molecular complexity index is 1030. The van der Waals surface area contributed by atoms with E-state index in [-0.39, 0.29) is 16.6 Å². The molecule has 0 spiro atoms. The minimum Gasteiger partial charge on any atom is -0.298 e. The Balaban J connectivity index is 1.96. The summed E-state index contributed by atoms with van der Waals surface area (Å²) in [6.07, 6.45) is 2.30. The van der Waals surface area contributed by atoms with Crippen molar-refractivity contribution in [1.29, 1.82) is 0 Å². The van der Waals surface area contributed by atoms with E-state index in [9.17, 15) is 9.59 Å². The second-order valence-electron chi connectivity index (χ2n) is 5.97. The molecule has 25 heavy (non-hydrogen) atoms. The van der Waals surface area contributed by atoms with E-state index in [4.69, 9.17) is 11.6 Å². The van der Waals surface area contributed by atoms with Crippen LogP contribution in [0.15, 0.2) is 58.5 Å². The van der Waals surface area contributed by atoms with Crippen LogP contribution in [0.2, 0.25) is 5.02 Å². The lowest BCUT2D eigenvalue weighted by Gasteiger charge is -2.16. The Labute approximate surface area is 153 Å². The molecule has 1 aliphatic rings. The monoisotopic (exact) mass is 370 g/mol. The van der Waals surface area contributed by atoms with E-state index in [0.29, 0.717) is 33.2 Å². The standard InChI is InChI=1S/C19H15ClN2O2S/c20-13-7-2-4-9-15(13)22-18(24)12-6-1-3-8-14(12)21-19(22)25-17-11-5-10-16(17)23/h1-4,6-9,17H,5,10-11H2/t17-/m0/s1. The molecule has 3 aromatic rings. The molecule has 0 amide bonds. The van der Waals surface area contributed by atoms with Gasteiger partial charge < -0.3 is 0 Å². The van der Waals surface area contributed by atoms with E-state index in [0.717, 1.165) is 12.8 Å². The average Bonchev–Trinajstić information content (AvgIpc) is 3.01. The third-order valence-electron chi connectivity index (χ3n) is 4.33.